The van der Waals surface area contributed by atoms with Gasteiger partial charge in [-0.15, -0.1) is 11.3 Å². The lowest BCUT2D eigenvalue weighted by Gasteiger charge is -2.07. The maximum absolute atomic E-state index is 13.5. The fraction of sp³-hybridized carbons (Fsp3) is 0.200. The third-order valence-electron chi connectivity index (χ3n) is 2.39. The van der Waals surface area contributed by atoms with Crippen LogP contribution in [-0.4, -0.2) is 11.7 Å². The number of hydrogen-bond acceptors (Lipinski definition) is 3. The summed E-state index contributed by atoms with van der Waals surface area (Å²) in [5, 5.41) is 8.90. The van der Waals surface area contributed by atoms with Gasteiger partial charge in [0.2, 0.25) is 0 Å². The van der Waals surface area contributed by atoms with Crippen molar-refractivity contribution < 1.29 is 14.2 Å². The van der Waals surface area contributed by atoms with Gasteiger partial charge in [0, 0.05) is 11.3 Å². The van der Waals surface area contributed by atoms with E-state index >= 15 is 0 Å². The molecule has 5 heteroatoms. The van der Waals surface area contributed by atoms with E-state index in [1.54, 1.807) is 6.07 Å². The van der Waals surface area contributed by atoms with Crippen LogP contribution in [0.15, 0.2) is 30.3 Å². The van der Waals surface area contributed by atoms with Crippen molar-refractivity contribution in [2.75, 3.05) is 6.61 Å². The molecule has 1 heterocycles. The van der Waals surface area contributed by atoms with Crippen LogP contribution < -0.4 is 4.74 Å². The predicted molar refractivity (Wildman–Crippen MR) is 78.6 cm³/mol. The highest BCUT2D eigenvalue weighted by molar-refractivity contribution is 7.12. The van der Waals surface area contributed by atoms with Crippen LogP contribution in [0.4, 0.5) is 4.39 Å². The Bertz CT molecular complexity index is 623. The third-order valence-corrected chi connectivity index (χ3v) is 3.66. The first kappa shape index (κ1) is 14.9. The van der Waals surface area contributed by atoms with Gasteiger partial charge in [-0.25, -0.2) is 4.39 Å². The fourth-order valence-corrected chi connectivity index (χ4v) is 2.51. The Morgan fingerprint density at radius 3 is 2.90 bits per heavy atom. The highest BCUT2D eigenvalue weighted by Crippen LogP contribution is 2.28. The predicted octanol–water partition coefficient (Wildman–Crippen LogP) is 3.85. The zero-order valence-electron chi connectivity index (χ0n) is 10.5. The van der Waals surface area contributed by atoms with E-state index in [0.29, 0.717) is 6.42 Å². The monoisotopic (exact) mass is 310 g/mol. The summed E-state index contributed by atoms with van der Waals surface area (Å²) in [5.74, 6) is 5.38. The maximum Gasteiger partial charge on any atom is 0.174 e. The summed E-state index contributed by atoms with van der Waals surface area (Å²) in [6, 6.07) is 8.17. The number of benzene rings is 1. The minimum Gasteiger partial charge on any atom is -0.483 e. The summed E-state index contributed by atoms with van der Waals surface area (Å²) in [6.45, 7) is 0.299. The second kappa shape index (κ2) is 7.30. The Balaban J connectivity index is 2.00. The van der Waals surface area contributed by atoms with Gasteiger partial charge in [0.15, 0.2) is 11.6 Å². The van der Waals surface area contributed by atoms with Crippen molar-refractivity contribution in [1.82, 2.24) is 0 Å². The summed E-state index contributed by atoms with van der Waals surface area (Å²) < 4.78 is 18.9. The van der Waals surface area contributed by atoms with Crippen LogP contribution >= 0.6 is 22.9 Å². The molecule has 20 heavy (non-hydrogen) atoms. The van der Waals surface area contributed by atoms with Crippen LogP contribution in [-0.2, 0) is 6.61 Å². The van der Waals surface area contributed by atoms with E-state index < -0.39 is 5.82 Å². The first-order chi connectivity index (χ1) is 9.70. The van der Waals surface area contributed by atoms with Gasteiger partial charge in [0.05, 0.1) is 16.5 Å². The molecule has 0 radical (unpaired) electrons. The normalized spacial score (nSPS) is 9.95. The smallest absolute Gasteiger partial charge is 0.174 e. The molecule has 1 N–H and O–H groups in total. The Labute approximate surface area is 125 Å². The van der Waals surface area contributed by atoms with Gasteiger partial charge < -0.3 is 9.84 Å². The molecule has 0 aliphatic carbocycles. The fourth-order valence-electron chi connectivity index (χ4n) is 1.49. The number of halogens is 2. The van der Waals surface area contributed by atoms with Gasteiger partial charge in [0.1, 0.15) is 6.61 Å². The number of ether oxygens (including phenoxy) is 1. The summed E-state index contributed by atoms with van der Waals surface area (Å²) in [7, 11) is 0. The molecule has 0 aliphatic rings. The van der Waals surface area contributed by atoms with Crippen LogP contribution in [0.2, 0.25) is 5.02 Å². The van der Waals surface area contributed by atoms with E-state index in [-0.39, 0.29) is 24.0 Å². The molecule has 1 aromatic carbocycles. The van der Waals surface area contributed by atoms with Gasteiger partial charge in [-0.2, -0.15) is 0 Å². The Hall–Kier alpha value is -1.54. The van der Waals surface area contributed by atoms with E-state index in [1.807, 2.05) is 12.1 Å². The maximum atomic E-state index is 13.5. The van der Waals surface area contributed by atoms with Crippen molar-refractivity contribution in [2.24, 2.45) is 0 Å². The van der Waals surface area contributed by atoms with Crippen molar-refractivity contribution in [1.29, 1.82) is 0 Å². The highest BCUT2D eigenvalue weighted by Gasteiger charge is 2.08. The molecule has 0 spiro atoms. The van der Waals surface area contributed by atoms with Crippen molar-refractivity contribution >= 4 is 22.9 Å². The third kappa shape index (κ3) is 3.97. The summed E-state index contributed by atoms with van der Waals surface area (Å²) >= 11 is 7.35. The first-order valence-electron chi connectivity index (χ1n) is 5.96. The molecular formula is C15H12ClFO2S. The van der Waals surface area contributed by atoms with Gasteiger partial charge in [-0.1, -0.05) is 29.5 Å². The van der Waals surface area contributed by atoms with Gasteiger partial charge in [-0.3, -0.25) is 0 Å². The van der Waals surface area contributed by atoms with Crippen LogP contribution in [0.5, 0.6) is 5.75 Å². The van der Waals surface area contributed by atoms with E-state index in [0.717, 1.165) is 9.75 Å². The molecular weight excluding hydrogens is 299 g/mol. The number of hydrogen-bond donors (Lipinski definition) is 1. The van der Waals surface area contributed by atoms with E-state index in [4.69, 9.17) is 21.4 Å². The standard InChI is InChI=1S/C15H12ClFO2S/c16-13-5-3-6-14(17)15(13)19-10-12-8-7-11(20-12)4-1-2-9-18/h3,5-8,18H,2,9-10H2. The largest absolute Gasteiger partial charge is 0.483 e. The van der Waals surface area contributed by atoms with Crippen molar-refractivity contribution in [3.05, 3.63) is 50.9 Å². The molecule has 0 saturated carbocycles. The van der Waals surface area contributed by atoms with Crippen molar-refractivity contribution in [3.8, 4) is 17.6 Å². The first-order valence-corrected chi connectivity index (χ1v) is 7.15. The van der Waals surface area contributed by atoms with Gasteiger partial charge in [0.25, 0.3) is 0 Å². The molecule has 2 rings (SSSR count). The van der Waals surface area contributed by atoms with Crippen LogP contribution in [0.3, 0.4) is 0 Å². The van der Waals surface area contributed by atoms with E-state index in [1.165, 1.54) is 23.5 Å². The SMILES string of the molecule is OCCC#Cc1ccc(COc2c(F)cccc2Cl)s1. The number of para-hydroxylation sites is 1. The molecule has 0 amide bonds. The number of aliphatic hydroxyl groups excluding tert-OH is 1. The summed E-state index contributed by atoms with van der Waals surface area (Å²) in [5.41, 5.74) is 0. The minimum atomic E-state index is -0.475. The van der Waals surface area contributed by atoms with Gasteiger partial charge >= 0.3 is 0 Å². The second-order valence-corrected chi connectivity index (χ2v) is 5.46. The molecule has 2 nitrogen and oxygen atoms in total. The number of rotatable bonds is 4. The zero-order chi connectivity index (χ0) is 14.4. The molecule has 0 saturated heterocycles. The van der Waals surface area contributed by atoms with Gasteiger partial charge in [-0.05, 0) is 24.3 Å². The average Bonchev–Trinajstić information content (AvgIpc) is 2.86. The lowest BCUT2D eigenvalue weighted by molar-refractivity contribution is 0.294. The molecule has 0 fully saturated rings. The Morgan fingerprint density at radius 2 is 2.15 bits per heavy atom. The lowest BCUT2D eigenvalue weighted by atomic mass is 10.3. The average molecular weight is 311 g/mol. The number of aliphatic hydroxyl groups is 1. The Kier molecular flexibility index (Phi) is 5.42. The van der Waals surface area contributed by atoms with Crippen LogP contribution in [0.1, 0.15) is 16.2 Å². The topological polar surface area (TPSA) is 29.5 Å². The zero-order valence-corrected chi connectivity index (χ0v) is 12.1. The minimum absolute atomic E-state index is 0.0557. The van der Waals surface area contributed by atoms with Crippen molar-refractivity contribution in [2.45, 2.75) is 13.0 Å². The number of thiophene rings is 1. The molecule has 0 bridgehead atoms. The second-order valence-electron chi connectivity index (χ2n) is 3.88. The molecule has 0 unspecified atom stereocenters. The molecule has 0 aliphatic heterocycles. The molecule has 0 atom stereocenters. The van der Waals surface area contributed by atoms with Crippen LogP contribution in [0, 0.1) is 17.7 Å². The quantitative estimate of drug-likeness (QED) is 0.869. The molecule has 2 aromatic rings. The van der Waals surface area contributed by atoms with E-state index in [9.17, 15) is 4.39 Å². The van der Waals surface area contributed by atoms with Crippen LogP contribution in [0.25, 0.3) is 0 Å². The van der Waals surface area contributed by atoms with E-state index in [2.05, 4.69) is 11.8 Å². The summed E-state index contributed by atoms with van der Waals surface area (Å²) in [4.78, 5) is 1.81. The van der Waals surface area contributed by atoms with Crippen molar-refractivity contribution in [3.63, 3.8) is 0 Å². The molecule has 104 valence electrons. The highest BCUT2D eigenvalue weighted by atomic mass is 35.5. The molecule has 1 aromatic heterocycles. The Morgan fingerprint density at radius 1 is 1.30 bits per heavy atom. The summed E-state index contributed by atoms with van der Waals surface area (Å²) in [6.07, 6.45) is 0.453. The lowest BCUT2D eigenvalue weighted by Crippen LogP contribution is -1.96.